The highest BCUT2D eigenvalue weighted by Crippen LogP contribution is 2.40. The van der Waals surface area contributed by atoms with Crippen LogP contribution in [0.2, 0.25) is 0 Å². The summed E-state index contributed by atoms with van der Waals surface area (Å²) < 4.78 is 44.7. The number of nitrogens with zero attached hydrogens (tertiary/aromatic N) is 6. The van der Waals surface area contributed by atoms with Crippen molar-refractivity contribution in [3.63, 3.8) is 0 Å². The van der Waals surface area contributed by atoms with Crippen LogP contribution in [0.1, 0.15) is 54.9 Å². The Kier molecular flexibility index (Phi) is 5.33. The van der Waals surface area contributed by atoms with E-state index in [1.807, 2.05) is 33.2 Å². The molecule has 3 aromatic rings. The largest absolute Gasteiger partial charge is 0.435 e. The summed E-state index contributed by atoms with van der Waals surface area (Å²) in [5, 5.41) is 8.46. The van der Waals surface area contributed by atoms with E-state index in [0.29, 0.717) is 30.5 Å². The number of allylic oxidation sites excluding steroid dienone is 1. The second-order valence-corrected chi connectivity index (χ2v) is 9.07. The van der Waals surface area contributed by atoms with Crippen molar-refractivity contribution in [2.24, 2.45) is 7.05 Å². The molecule has 10 heteroatoms. The summed E-state index contributed by atoms with van der Waals surface area (Å²) in [4.78, 5) is 19.4. The molecule has 4 heterocycles. The van der Waals surface area contributed by atoms with Crippen LogP contribution in [0.4, 0.5) is 13.2 Å². The van der Waals surface area contributed by atoms with E-state index in [1.54, 1.807) is 21.9 Å². The number of amides is 1. The third kappa shape index (κ3) is 3.91. The van der Waals surface area contributed by atoms with E-state index in [0.717, 1.165) is 22.5 Å². The number of alkyl halides is 3. The van der Waals surface area contributed by atoms with Crippen LogP contribution in [0.3, 0.4) is 0 Å². The average Bonchev–Trinajstić information content (AvgIpc) is 3.46. The van der Waals surface area contributed by atoms with Crippen LogP contribution < -0.4 is 0 Å². The van der Waals surface area contributed by atoms with Gasteiger partial charge in [0.1, 0.15) is 0 Å². The molecule has 4 bridgehead atoms. The number of fused-ring (bicyclic) bond motifs is 6. The zero-order valence-corrected chi connectivity index (χ0v) is 19.2. The minimum Gasteiger partial charge on any atom is -0.334 e. The van der Waals surface area contributed by atoms with Gasteiger partial charge in [-0.15, -0.1) is 0 Å². The monoisotopic (exact) mass is 470 g/mol. The molecule has 0 radical (unpaired) electrons. The molecule has 0 saturated carbocycles. The number of halogens is 3. The van der Waals surface area contributed by atoms with Crippen molar-refractivity contribution in [3.8, 4) is 11.1 Å². The summed E-state index contributed by atoms with van der Waals surface area (Å²) in [5.41, 5.74) is 3.31. The standard InChI is InChI=1S/C24H25F3N6O/c1-14(2)33-13-21-18(11-31(3)29-21)15-9-17-16(6-7-20(17)28-10-15)19-12-32(8-4-5-22(33)34)30-23(19)24(25,26)27/h6,9-12,14H,4-5,7-8,13H2,1-3H3. The van der Waals surface area contributed by atoms with Crippen molar-refractivity contribution >= 4 is 11.5 Å². The predicted octanol–water partition coefficient (Wildman–Crippen LogP) is 4.22. The Hall–Kier alpha value is -3.43. The topological polar surface area (TPSA) is 68.8 Å². The van der Waals surface area contributed by atoms with Gasteiger partial charge >= 0.3 is 6.18 Å². The lowest BCUT2D eigenvalue weighted by molar-refractivity contribution is -0.141. The molecule has 0 N–H and O–H groups in total. The highest BCUT2D eigenvalue weighted by Gasteiger charge is 2.39. The summed E-state index contributed by atoms with van der Waals surface area (Å²) in [6.07, 6.45) is 3.26. The van der Waals surface area contributed by atoms with Crippen molar-refractivity contribution in [2.45, 2.75) is 58.4 Å². The van der Waals surface area contributed by atoms with Crippen LogP contribution in [0, 0.1) is 0 Å². The van der Waals surface area contributed by atoms with Crippen molar-refractivity contribution in [1.82, 2.24) is 29.4 Å². The summed E-state index contributed by atoms with van der Waals surface area (Å²) in [5.74, 6) is -0.0687. The zero-order valence-electron chi connectivity index (χ0n) is 19.2. The fourth-order valence-electron chi connectivity index (χ4n) is 4.69. The number of pyridine rings is 1. The molecule has 178 valence electrons. The number of hydrogen-bond acceptors (Lipinski definition) is 4. The van der Waals surface area contributed by atoms with Crippen molar-refractivity contribution < 1.29 is 18.0 Å². The number of aryl methyl sites for hydroxylation is 2. The molecule has 0 atom stereocenters. The zero-order chi connectivity index (χ0) is 24.2. The molecule has 5 rings (SSSR count). The Morgan fingerprint density at radius 3 is 2.59 bits per heavy atom. The van der Waals surface area contributed by atoms with Gasteiger partial charge in [0.2, 0.25) is 5.91 Å². The predicted molar refractivity (Wildman–Crippen MR) is 119 cm³/mol. The number of aromatic nitrogens is 5. The Morgan fingerprint density at radius 2 is 1.85 bits per heavy atom. The van der Waals surface area contributed by atoms with Gasteiger partial charge in [-0.2, -0.15) is 23.4 Å². The maximum atomic E-state index is 13.9. The fourth-order valence-corrected chi connectivity index (χ4v) is 4.69. The lowest BCUT2D eigenvalue weighted by atomic mass is 9.98. The van der Waals surface area contributed by atoms with E-state index < -0.39 is 11.9 Å². The smallest absolute Gasteiger partial charge is 0.334 e. The molecule has 2 aliphatic rings. The van der Waals surface area contributed by atoms with E-state index in [-0.39, 0.29) is 30.5 Å². The van der Waals surface area contributed by atoms with E-state index >= 15 is 0 Å². The minimum absolute atomic E-state index is 0.0432. The van der Waals surface area contributed by atoms with Gasteiger partial charge in [-0.25, -0.2) is 0 Å². The minimum atomic E-state index is -4.60. The number of hydrogen-bond donors (Lipinski definition) is 0. The number of carbonyl (C=O) groups excluding carboxylic acids is 1. The average molecular weight is 470 g/mol. The third-order valence-corrected chi connectivity index (χ3v) is 6.34. The molecule has 0 aromatic carbocycles. The highest BCUT2D eigenvalue weighted by atomic mass is 19.4. The first-order chi connectivity index (χ1) is 16.1. The van der Waals surface area contributed by atoms with Crippen LogP contribution in [-0.4, -0.2) is 41.4 Å². The maximum absolute atomic E-state index is 13.9. The van der Waals surface area contributed by atoms with E-state index in [2.05, 4.69) is 15.2 Å². The van der Waals surface area contributed by atoms with E-state index in [9.17, 15) is 18.0 Å². The van der Waals surface area contributed by atoms with Gasteiger partial charge in [0.15, 0.2) is 5.69 Å². The molecular formula is C24H25F3N6O. The molecule has 1 amide bonds. The molecular weight excluding hydrogens is 445 g/mol. The van der Waals surface area contributed by atoms with Crippen LogP contribution in [0.15, 0.2) is 30.7 Å². The summed E-state index contributed by atoms with van der Waals surface area (Å²) >= 11 is 0. The third-order valence-electron chi connectivity index (χ3n) is 6.34. The quantitative estimate of drug-likeness (QED) is 0.534. The van der Waals surface area contributed by atoms with Gasteiger partial charge in [0.05, 0.1) is 17.9 Å². The van der Waals surface area contributed by atoms with Crippen LogP contribution >= 0.6 is 0 Å². The molecule has 34 heavy (non-hydrogen) atoms. The van der Waals surface area contributed by atoms with Gasteiger partial charge in [0.25, 0.3) is 0 Å². The Balaban J connectivity index is 1.69. The Morgan fingerprint density at radius 1 is 1.06 bits per heavy atom. The molecule has 3 aromatic heterocycles. The second kappa shape index (κ2) is 8.11. The summed E-state index contributed by atoms with van der Waals surface area (Å²) in [6, 6.07) is 1.82. The Labute approximate surface area is 194 Å². The highest BCUT2D eigenvalue weighted by molar-refractivity contribution is 5.87. The number of carbonyl (C=O) groups is 1. The fraction of sp³-hybridized carbons (Fsp3) is 0.417. The van der Waals surface area contributed by atoms with Gasteiger partial charge in [-0.1, -0.05) is 6.08 Å². The first kappa shape index (κ1) is 22.4. The molecule has 0 spiro atoms. The molecule has 7 nitrogen and oxygen atoms in total. The van der Waals surface area contributed by atoms with Crippen LogP contribution in [-0.2, 0) is 37.5 Å². The SMILES string of the molecule is CC(C)N1Cc2nn(C)cc2-c2cnc3c(c2)C(=CC3)c2cn(nc2C(F)(F)F)CCCC1=O. The maximum Gasteiger partial charge on any atom is 0.435 e. The Bertz CT molecular complexity index is 1300. The van der Waals surface area contributed by atoms with Crippen molar-refractivity contribution in [2.75, 3.05) is 0 Å². The molecule has 0 unspecified atom stereocenters. The van der Waals surface area contributed by atoms with E-state index in [4.69, 9.17) is 0 Å². The second-order valence-electron chi connectivity index (χ2n) is 9.07. The van der Waals surface area contributed by atoms with Gasteiger partial charge in [-0.3, -0.25) is 19.1 Å². The van der Waals surface area contributed by atoms with Gasteiger partial charge in [-0.05, 0) is 31.9 Å². The van der Waals surface area contributed by atoms with Crippen molar-refractivity contribution in [3.05, 3.63) is 58.9 Å². The normalized spacial score (nSPS) is 16.4. The first-order valence-electron chi connectivity index (χ1n) is 11.3. The first-order valence-corrected chi connectivity index (χ1v) is 11.3. The summed E-state index contributed by atoms with van der Waals surface area (Å²) in [6.45, 7) is 4.44. The molecule has 0 saturated heterocycles. The van der Waals surface area contributed by atoms with Crippen molar-refractivity contribution in [1.29, 1.82) is 0 Å². The van der Waals surface area contributed by atoms with Crippen LogP contribution in [0.5, 0.6) is 0 Å². The lowest BCUT2D eigenvalue weighted by Gasteiger charge is -2.26. The summed E-state index contributed by atoms with van der Waals surface area (Å²) in [7, 11) is 1.81. The van der Waals surface area contributed by atoms with Crippen LogP contribution in [0.25, 0.3) is 16.7 Å². The van der Waals surface area contributed by atoms with Gasteiger partial charge < -0.3 is 4.90 Å². The van der Waals surface area contributed by atoms with Gasteiger partial charge in [0, 0.05) is 73.3 Å². The lowest BCUT2D eigenvalue weighted by Crippen LogP contribution is -2.36. The molecule has 1 aliphatic carbocycles. The molecule has 0 fully saturated rings. The molecule has 1 aliphatic heterocycles. The van der Waals surface area contributed by atoms with E-state index in [1.165, 1.54) is 10.9 Å². The number of rotatable bonds is 1.